The van der Waals surface area contributed by atoms with Crippen molar-refractivity contribution in [1.29, 1.82) is 5.26 Å². The van der Waals surface area contributed by atoms with Gasteiger partial charge in [0.2, 0.25) is 0 Å². The van der Waals surface area contributed by atoms with E-state index >= 15 is 0 Å². The highest BCUT2D eigenvalue weighted by molar-refractivity contribution is 6.00. The first kappa shape index (κ1) is 13.6. The van der Waals surface area contributed by atoms with Gasteiger partial charge in [0.25, 0.3) is 0 Å². The van der Waals surface area contributed by atoms with Crippen molar-refractivity contribution in [2.75, 3.05) is 6.61 Å². The minimum atomic E-state index is -1.50. The second kappa shape index (κ2) is 5.89. The molecule has 0 unspecified atom stereocenters. The van der Waals surface area contributed by atoms with Gasteiger partial charge in [0.1, 0.15) is 11.8 Å². The Bertz CT molecular complexity index is 726. The molecule has 100 valence electrons. The van der Waals surface area contributed by atoms with Gasteiger partial charge in [-0.25, -0.2) is 0 Å². The van der Waals surface area contributed by atoms with Crippen LogP contribution in [-0.2, 0) is 4.79 Å². The van der Waals surface area contributed by atoms with E-state index < -0.39 is 11.5 Å². The Morgan fingerprint density at radius 3 is 2.75 bits per heavy atom. The van der Waals surface area contributed by atoms with Crippen LogP contribution in [0.3, 0.4) is 0 Å². The molecule has 4 heteroatoms. The van der Waals surface area contributed by atoms with Gasteiger partial charge in [0, 0.05) is 5.56 Å². The number of hydrogen-bond acceptors (Lipinski definition) is 4. The molecule has 2 aromatic carbocycles. The lowest BCUT2D eigenvalue weighted by Crippen LogP contribution is -2.23. The molecule has 0 bridgehead atoms. The Morgan fingerprint density at radius 1 is 1.35 bits per heavy atom. The number of carbonyl (C=O) groups is 1. The predicted octanol–water partition coefficient (Wildman–Crippen LogP) is 1.90. The van der Waals surface area contributed by atoms with Crippen molar-refractivity contribution in [1.82, 2.24) is 0 Å². The molecule has 0 fully saturated rings. The molecule has 0 heterocycles. The fraction of sp³-hybridized carbons (Fsp3) is 0.125. The fourth-order valence-electron chi connectivity index (χ4n) is 1.99. The number of rotatable bonds is 4. The molecular weight excluding hydrogens is 254 g/mol. The van der Waals surface area contributed by atoms with Crippen molar-refractivity contribution >= 4 is 22.8 Å². The molecule has 0 aliphatic heterocycles. The van der Waals surface area contributed by atoms with Crippen LogP contribution < -0.4 is 9.84 Å². The molecule has 20 heavy (non-hydrogen) atoms. The molecule has 0 amide bonds. The van der Waals surface area contributed by atoms with Crippen LogP contribution in [0.15, 0.2) is 42.0 Å². The summed E-state index contributed by atoms with van der Waals surface area (Å²) >= 11 is 0. The highest BCUT2D eigenvalue weighted by Gasteiger charge is 2.08. The maximum atomic E-state index is 10.9. The van der Waals surface area contributed by atoms with Gasteiger partial charge in [-0.15, -0.1) is 0 Å². The summed E-state index contributed by atoms with van der Waals surface area (Å²) in [6.07, 6.45) is 1.29. The van der Waals surface area contributed by atoms with Crippen LogP contribution >= 0.6 is 0 Å². The summed E-state index contributed by atoms with van der Waals surface area (Å²) in [6.45, 7) is 2.29. The molecule has 0 aliphatic rings. The van der Waals surface area contributed by atoms with Gasteiger partial charge in [-0.3, -0.25) is 0 Å². The summed E-state index contributed by atoms with van der Waals surface area (Å²) in [7, 11) is 0. The van der Waals surface area contributed by atoms with Crippen LogP contribution in [0.2, 0.25) is 0 Å². The smallest absolute Gasteiger partial charge is 0.127 e. The minimum Gasteiger partial charge on any atom is -0.544 e. The van der Waals surface area contributed by atoms with Gasteiger partial charge >= 0.3 is 0 Å². The summed E-state index contributed by atoms with van der Waals surface area (Å²) in [5, 5.41) is 21.5. The second-order valence-corrected chi connectivity index (χ2v) is 4.09. The number of nitrogens with zero attached hydrogens (tertiary/aromatic N) is 1. The largest absolute Gasteiger partial charge is 0.544 e. The molecule has 0 radical (unpaired) electrons. The Labute approximate surface area is 116 Å². The van der Waals surface area contributed by atoms with Gasteiger partial charge in [0.15, 0.2) is 0 Å². The van der Waals surface area contributed by atoms with E-state index in [9.17, 15) is 9.90 Å². The number of carboxylic acids is 1. The SMILES string of the molecule is CCOc1ccc2ccccc2c1/C=C(\C#N)C(=O)[O-]. The predicted molar refractivity (Wildman–Crippen MR) is 73.7 cm³/mol. The maximum Gasteiger partial charge on any atom is 0.127 e. The zero-order chi connectivity index (χ0) is 14.5. The lowest BCUT2D eigenvalue weighted by Gasteiger charge is -2.11. The van der Waals surface area contributed by atoms with E-state index in [1.807, 2.05) is 37.3 Å². The first-order valence-corrected chi connectivity index (χ1v) is 6.15. The van der Waals surface area contributed by atoms with E-state index in [0.29, 0.717) is 17.9 Å². The third-order valence-corrected chi connectivity index (χ3v) is 2.86. The first-order chi connectivity index (χ1) is 9.67. The van der Waals surface area contributed by atoms with Gasteiger partial charge in [-0.2, -0.15) is 5.26 Å². The Hall–Kier alpha value is -2.80. The number of carboxylic acid groups (broad SMARTS) is 1. The number of ether oxygens (including phenoxy) is 1. The van der Waals surface area contributed by atoms with E-state index in [1.54, 1.807) is 12.1 Å². The number of fused-ring (bicyclic) bond motifs is 1. The zero-order valence-corrected chi connectivity index (χ0v) is 10.9. The average molecular weight is 266 g/mol. The highest BCUT2D eigenvalue weighted by Crippen LogP contribution is 2.30. The van der Waals surface area contributed by atoms with Crippen molar-refractivity contribution in [2.24, 2.45) is 0 Å². The molecule has 0 saturated heterocycles. The number of carbonyl (C=O) groups excluding carboxylic acids is 1. The van der Waals surface area contributed by atoms with E-state index in [0.717, 1.165) is 10.8 Å². The zero-order valence-electron chi connectivity index (χ0n) is 10.9. The molecule has 0 atom stereocenters. The quantitative estimate of drug-likeness (QED) is 0.625. The van der Waals surface area contributed by atoms with Crippen LogP contribution in [0.4, 0.5) is 0 Å². The summed E-state index contributed by atoms with van der Waals surface area (Å²) in [6, 6.07) is 12.8. The van der Waals surface area contributed by atoms with Crippen LogP contribution in [0.5, 0.6) is 5.75 Å². The maximum absolute atomic E-state index is 10.9. The molecule has 4 nitrogen and oxygen atoms in total. The molecule has 0 aliphatic carbocycles. The van der Waals surface area contributed by atoms with Crippen LogP contribution in [0.25, 0.3) is 16.8 Å². The van der Waals surface area contributed by atoms with Gasteiger partial charge in [-0.1, -0.05) is 30.3 Å². The molecule has 2 aromatic rings. The van der Waals surface area contributed by atoms with Crippen molar-refractivity contribution in [3.63, 3.8) is 0 Å². The second-order valence-electron chi connectivity index (χ2n) is 4.09. The standard InChI is InChI=1S/C16H13NO3/c1-2-20-15-8-7-11-5-3-4-6-13(11)14(15)9-12(10-17)16(18)19/h3-9H,2H2,1H3,(H,18,19)/p-1/b12-9+. The fourth-order valence-corrected chi connectivity index (χ4v) is 1.99. The first-order valence-electron chi connectivity index (χ1n) is 6.15. The number of nitriles is 1. The van der Waals surface area contributed by atoms with Crippen molar-refractivity contribution < 1.29 is 14.6 Å². The molecule has 0 N–H and O–H groups in total. The van der Waals surface area contributed by atoms with Gasteiger partial charge < -0.3 is 14.6 Å². The molecule has 0 saturated carbocycles. The lowest BCUT2D eigenvalue weighted by atomic mass is 10.0. The lowest BCUT2D eigenvalue weighted by molar-refractivity contribution is -0.298. The summed E-state index contributed by atoms with van der Waals surface area (Å²) in [5.41, 5.74) is 0.146. The Balaban J connectivity index is 2.73. The Kier molecular flexibility index (Phi) is 4.02. The highest BCUT2D eigenvalue weighted by atomic mass is 16.5. The third-order valence-electron chi connectivity index (χ3n) is 2.86. The normalized spacial score (nSPS) is 11.1. The number of aliphatic carboxylic acids is 1. The molecule has 2 rings (SSSR count). The van der Waals surface area contributed by atoms with E-state index in [2.05, 4.69) is 0 Å². The number of hydrogen-bond donors (Lipinski definition) is 0. The topological polar surface area (TPSA) is 73.1 Å². The minimum absolute atomic E-state index is 0.428. The van der Waals surface area contributed by atoms with E-state index in [1.165, 1.54) is 6.08 Å². The monoisotopic (exact) mass is 266 g/mol. The Morgan fingerprint density at radius 2 is 2.10 bits per heavy atom. The summed E-state index contributed by atoms with van der Waals surface area (Å²) < 4.78 is 5.50. The molecule has 0 aromatic heterocycles. The van der Waals surface area contributed by atoms with Gasteiger partial charge in [0.05, 0.1) is 18.1 Å². The average Bonchev–Trinajstić information content (AvgIpc) is 2.46. The summed E-state index contributed by atoms with van der Waals surface area (Å²) in [4.78, 5) is 10.9. The summed E-state index contributed by atoms with van der Waals surface area (Å²) in [5.74, 6) is -0.955. The van der Waals surface area contributed by atoms with Crippen LogP contribution in [0, 0.1) is 11.3 Å². The number of benzene rings is 2. The van der Waals surface area contributed by atoms with Crippen molar-refractivity contribution in [3.8, 4) is 11.8 Å². The van der Waals surface area contributed by atoms with E-state index in [4.69, 9.17) is 10.00 Å². The van der Waals surface area contributed by atoms with Crippen molar-refractivity contribution in [2.45, 2.75) is 6.92 Å². The van der Waals surface area contributed by atoms with Crippen molar-refractivity contribution in [3.05, 3.63) is 47.5 Å². The van der Waals surface area contributed by atoms with E-state index in [-0.39, 0.29) is 0 Å². The van der Waals surface area contributed by atoms with Gasteiger partial charge in [-0.05, 0) is 29.8 Å². The third kappa shape index (κ3) is 2.62. The van der Waals surface area contributed by atoms with Crippen LogP contribution in [-0.4, -0.2) is 12.6 Å². The van der Waals surface area contributed by atoms with Crippen LogP contribution in [0.1, 0.15) is 12.5 Å². The molecular formula is C16H12NO3-. The molecule has 0 spiro atoms.